The molecular formula is C13H13BrN2O. The van der Waals surface area contributed by atoms with Gasteiger partial charge in [-0.2, -0.15) is 5.26 Å². The van der Waals surface area contributed by atoms with Crippen LogP contribution in [0.1, 0.15) is 28.8 Å². The van der Waals surface area contributed by atoms with Crippen molar-refractivity contribution in [2.75, 3.05) is 11.9 Å². The molecule has 1 aromatic rings. The standard InChI is InChI=1S/C13H13BrN2O/c14-8-13(4-5-13)9-16-12(17)11-3-1-2-10(6-11)7-15/h1-3,6H,4-5,8-9H2,(H,16,17). The van der Waals surface area contributed by atoms with Gasteiger partial charge in [0.25, 0.3) is 5.91 Å². The first-order valence-electron chi connectivity index (χ1n) is 5.53. The van der Waals surface area contributed by atoms with Crippen molar-refractivity contribution < 1.29 is 4.79 Å². The third-order valence-corrected chi connectivity index (χ3v) is 4.31. The maximum Gasteiger partial charge on any atom is 0.251 e. The molecule has 0 saturated heterocycles. The number of rotatable bonds is 4. The smallest absolute Gasteiger partial charge is 0.251 e. The Kier molecular flexibility index (Phi) is 3.49. The van der Waals surface area contributed by atoms with Crippen LogP contribution < -0.4 is 5.32 Å². The number of nitriles is 1. The van der Waals surface area contributed by atoms with Crippen LogP contribution in [0.25, 0.3) is 0 Å². The monoisotopic (exact) mass is 292 g/mol. The van der Waals surface area contributed by atoms with Crippen molar-refractivity contribution in [2.45, 2.75) is 12.8 Å². The van der Waals surface area contributed by atoms with Crippen LogP contribution in [-0.2, 0) is 0 Å². The van der Waals surface area contributed by atoms with E-state index in [4.69, 9.17) is 5.26 Å². The Bertz CT molecular complexity index is 475. The molecule has 4 heteroatoms. The van der Waals surface area contributed by atoms with E-state index >= 15 is 0 Å². The number of hydrogen-bond acceptors (Lipinski definition) is 2. The predicted octanol–water partition coefficient (Wildman–Crippen LogP) is 2.46. The molecule has 1 N–H and O–H groups in total. The minimum atomic E-state index is -0.102. The van der Waals surface area contributed by atoms with Crippen molar-refractivity contribution in [3.8, 4) is 6.07 Å². The summed E-state index contributed by atoms with van der Waals surface area (Å²) >= 11 is 3.47. The number of nitrogens with zero attached hydrogens (tertiary/aromatic N) is 1. The van der Waals surface area contributed by atoms with Gasteiger partial charge in [-0.05, 0) is 36.5 Å². The van der Waals surface area contributed by atoms with Crippen molar-refractivity contribution in [3.63, 3.8) is 0 Å². The summed E-state index contributed by atoms with van der Waals surface area (Å²) in [6.45, 7) is 0.702. The number of hydrogen-bond donors (Lipinski definition) is 1. The SMILES string of the molecule is N#Cc1cccc(C(=O)NCC2(CBr)CC2)c1. The minimum Gasteiger partial charge on any atom is -0.351 e. The zero-order valence-corrected chi connectivity index (χ0v) is 11.0. The van der Waals surface area contributed by atoms with Crippen LogP contribution in [0.2, 0.25) is 0 Å². The summed E-state index contributed by atoms with van der Waals surface area (Å²) < 4.78 is 0. The lowest BCUT2D eigenvalue weighted by Crippen LogP contribution is -2.30. The third-order valence-electron chi connectivity index (χ3n) is 3.12. The summed E-state index contributed by atoms with van der Waals surface area (Å²) in [6, 6.07) is 8.79. The fourth-order valence-electron chi connectivity index (χ4n) is 1.63. The Morgan fingerprint density at radius 3 is 2.88 bits per heavy atom. The van der Waals surface area contributed by atoms with Crippen LogP contribution in [0.4, 0.5) is 0 Å². The average Bonchev–Trinajstić information content (AvgIpc) is 3.17. The van der Waals surface area contributed by atoms with Gasteiger partial charge in [-0.25, -0.2) is 0 Å². The fraction of sp³-hybridized carbons (Fsp3) is 0.385. The summed E-state index contributed by atoms with van der Waals surface area (Å²) in [7, 11) is 0. The van der Waals surface area contributed by atoms with Gasteiger partial charge in [0.1, 0.15) is 0 Å². The molecule has 0 radical (unpaired) electrons. The highest BCUT2D eigenvalue weighted by molar-refractivity contribution is 9.09. The quantitative estimate of drug-likeness (QED) is 0.867. The van der Waals surface area contributed by atoms with E-state index in [0.29, 0.717) is 17.7 Å². The van der Waals surface area contributed by atoms with E-state index in [1.807, 2.05) is 6.07 Å². The Morgan fingerprint density at radius 1 is 1.53 bits per heavy atom. The van der Waals surface area contributed by atoms with Crippen LogP contribution in [-0.4, -0.2) is 17.8 Å². The topological polar surface area (TPSA) is 52.9 Å². The number of carbonyl (C=O) groups excluding carboxylic acids is 1. The second-order valence-electron chi connectivity index (χ2n) is 4.51. The number of halogens is 1. The first-order valence-corrected chi connectivity index (χ1v) is 6.66. The molecule has 1 aromatic carbocycles. The predicted molar refractivity (Wildman–Crippen MR) is 69.0 cm³/mol. The summed E-state index contributed by atoms with van der Waals surface area (Å²) in [5.74, 6) is -0.102. The van der Waals surface area contributed by atoms with Gasteiger partial charge in [-0.1, -0.05) is 22.0 Å². The van der Waals surface area contributed by atoms with Crippen molar-refractivity contribution in [3.05, 3.63) is 35.4 Å². The van der Waals surface area contributed by atoms with Gasteiger partial charge in [0.2, 0.25) is 0 Å². The zero-order chi connectivity index (χ0) is 12.3. The summed E-state index contributed by atoms with van der Waals surface area (Å²) in [5, 5.41) is 12.6. The van der Waals surface area contributed by atoms with E-state index in [1.165, 1.54) is 0 Å². The number of nitrogens with one attached hydrogen (secondary N) is 1. The van der Waals surface area contributed by atoms with E-state index in [-0.39, 0.29) is 11.3 Å². The Labute approximate surface area is 109 Å². The van der Waals surface area contributed by atoms with Crippen LogP contribution in [0, 0.1) is 16.7 Å². The first-order chi connectivity index (χ1) is 8.19. The fourth-order valence-corrected chi connectivity index (χ4v) is 2.39. The van der Waals surface area contributed by atoms with E-state index in [2.05, 4.69) is 21.2 Å². The Morgan fingerprint density at radius 2 is 2.29 bits per heavy atom. The van der Waals surface area contributed by atoms with Crippen molar-refractivity contribution in [1.29, 1.82) is 5.26 Å². The highest BCUT2D eigenvalue weighted by Gasteiger charge is 2.41. The maximum atomic E-state index is 11.9. The molecule has 0 heterocycles. The van der Waals surface area contributed by atoms with Gasteiger partial charge >= 0.3 is 0 Å². The van der Waals surface area contributed by atoms with Gasteiger partial charge in [-0.15, -0.1) is 0 Å². The van der Waals surface area contributed by atoms with Crippen molar-refractivity contribution >= 4 is 21.8 Å². The molecule has 17 heavy (non-hydrogen) atoms. The third kappa shape index (κ3) is 2.86. The summed E-state index contributed by atoms with van der Waals surface area (Å²) in [6.07, 6.45) is 2.33. The minimum absolute atomic E-state index is 0.102. The molecule has 2 rings (SSSR count). The van der Waals surface area contributed by atoms with Gasteiger partial charge in [0.15, 0.2) is 0 Å². The molecule has 0 spiro atoms. The van der Waals surface area contributed by atoms with Gasteiger partial charge in [0.05, 0.1) is 11.6 Å². The molecular weight excluding hydrogens is 280 g/mol. The Balaban J connectivity index is 1.98. The molecule has 0 bridgehead atoms. The lowest BCUT2D eigenvalue weighted by Gasteiger charge is -2.12. The van der Waals surface area contributed by atoms with Gasteiger partial charge < -0.3 is 5.32 Å². The van der Waals surface area contributed by atoms with E-state index < -0.39 is 0 Å². The molecule has 1 fully saturated rings. The van der Waals surface area contributed by atoms with Gasteiger partial charge in [0, 0.05) is 17.4 Å². The van der Waals surface area contributed by atoms with Crippen LogP contribution in [0.15, 0.2) is 24.3 Å². The number of amides is 1. The van der Waals surface area contributed by atoms with Crippen LogP contribution >= 0.6 is 15.9 Å². The van der Waals surface area contributed by atoms with Gasteiger partial charge in [-0.3, -0.25) is 4.79 Å². The Hall–Kier alpha value is -1.34. The molecule has 1 amide bonds. The van der Waals surface area contributed by atoms with Crippen molar-refractivity contribution in [2.24, 2.45) is 5.41 Å². The molecule has 88 valence electrons. The molecule has 1 aliphatic carbocycles. The van der Waals surface area contributed by atoms with Crippen LogP contribution in [0.5, 0.6) is 0 Å². The number of alkyl halides is 1. The molecule has 1 saturated carbocycles. The van der Waals surface area contributed by atoms with Crippen LogP contribution in [0.3, 0.4) is 0 Å². The highest BCUT2D eigenvalue weighted by Crippen LogP contribution is 2.46. The summed E-state index contributed by atoms with van der Waals surface area (Å²) in [4.78, 5) is 11.9. The summed E-state index contributed by atoms with van der Waals surface area (Å²) in [5.41, 5.74) is 1.33. The number of benzene rings is 1. The lowest BCUT2D eigenvalue weighted by atomic mass is 10.1. The highest BCUT2D eigenvalue weighted by atomic mass is 79.9. The first kappa shape index (κ1) is 12.1. The zero-order valence-electron chi connectivity index (χ0n) is 9.37. The normalized spacial score (nSPS) is 16.0. The second kappa shape index (κ2) is 4.89. The molecule has 3 nitrogen and oxygen atoms in total. The number of carbonyl (C=O) groups is 1. The average molecular weight is 293 g/mol. The maximum absolute atomic E-state index is 11.9. The van der Waals surface area contributed by atoms with E-state index in [1.54, 1.807) is 24.3 Å². The largest absolute Gasteiger partial charge is 0.351 e. The lowest BCUT2D eigenvalue weighted by molar-refractivity contribution is 0.0946. The molecule has 0 atom stereocenters. The molecule has 1 aliphatic rings. The van der Waals surface area contributed by atoms with E-state index in [0.717, 1.165) is 18.2 Å². The second-order valence-corrected chi connectivity index (χ2v) is 5.07. The van der Waals surface area contributed by atoms with Crippen molar-refractivity contribution in [1.82, 2.24) is 5.32 Å². The molecule has 0 aromatic heterocycles. The van der Waals surface area contributed by atoms with E-state index in [9.17, 15) is 4.79 Å². The molecule has 0 unspecified atom stereocenters. The molecule has 0 aliphatic heterocycles.